The van der Waals surface area contributed by atoms with Crippen molar-refractivity contribution in [2.45, 2.75) is 38.2 Å². The van der Waals surface area contributed by atoms with Crippen LogP contribution in [-0.4, -0.2) is 35.4 Å². The van der Waals surface area contributed by atoms with E-state index in [9.17, 15) is 9.59 Å². The van der Waals surface area contributed by atoms with Crippen LogP contribution in [0.3, 0.4) is 0 Å². The number of hydrogen-bond acceptors (Lipinski definition) is 4. The first-order valence-corrected chi connectivity index (χ1v) is 4.55. The summed E-state index contributed by atoms with van der Waals surface area (Å²) in [5.74, 6) is -1.46. The van der Waals surface area contributed by atoms with E-state index in [1.54, 1.807) is 0 Å². The minimum Gasteiger partial charge on any atom is -0.479 e. The summed E-state index contributed by atoms with van der Waals surface area (Å²) in [6.45, 7) is 0. The predicted molar refractivity (Wildman–Crippen MR) is 48.7 cm³/mol. The lowest BCUT2D eigenvalue weighted by Crippen LogP contribution is -2.18. The van der Waals surface area contributed by atoms with E-state index in [1.807, 2.05) is 0 Å². The first kappa shape index (κ1) is 12.9. The molecule has 0 saturated carbocycles. The number of rotatable bonds is 7. The third-order valence-electron chi connectivity index (χ3n) is 1.87. The van der Waals surface area contributed by atoms with Gasteiger partial charge in [0.1, 0.15) is 0 Å². The Hall–Kier alpha value is -1.10. The van der Waals surface area contributed by atoms with Gasteiger partial charge in [0.15, 0.2) is 6.10 Å². The van der Waals surface area contributed by atoms with Gasteiger partial charge in [0.25, 0.3) is 0 Å². The van der Waals surface area contributed by atoms with Crippen LogP contribution in [0.2, 0.25) is 0 Å². The molecule has 0 rings (SSSR count). The van der Waals surface area contributed by atoms with Crippen molar-refractivity contribution in [3.8, 4) is 0 Å². The van der Waals surface area contributed by atoms with Crippen molar-refractivity contribution in [2.24, 2.45) is 0 Å². The van der Waals surface area contributed by atoms with Crippen molar-refractivity contribution >= 4 is 11.9 Å². The molecule has 82 valence electrons. The number of unbranched alkanes of at least 4 members (excludes halogenated alkanes) is 2. The number of carbonyl (C=O) groups is 2. The van der Waals surface area contributed by atoms with Crippen molar-refractivity contribution in [3.05, 3.63) is 0 Å². The van der Waals surface area contributed by atoms with Crippen molar-refractivity contribution in [3.63, 3.8) is 0 Å². The highest BCUT2D eigenvalue weighted by Crippen LogP contribution is 2.06. The summed E-state index contributed by atoms with van der Waals surface area (Å²) in [6, 6.07) is 0. The molecule has 0 amide bonds. The molecule has 1 atom stereocenters. The third-order valence-corrected chi connectivity index (χ3v) is 1.87. The first-order chi connectivity index (χ1) is 6.57. The minimum atomic E-state index is -1.28. The Morgan fingerprint density at radius 2 is 1.93 bits per heavy atom. The molecule has 5 nitrogen and oxygen atoms in total. The van der Waals surface area contributed by atoms with Crippen molar-refractivity contribution in [2.75, 3.05) is 7.11 Å². The number of ether oxygens (including phenoxy) is 1. The van der Waals surface area contributed by atoms with E-state index < -0.39 is 12.1 Å². The van der Waals surface area contributed by atoms with E-state index in [2.05, 4.69) is 4.74 Å². The number of hydrogen-bond donors (Lipinski definition) is 2. The summed E-state index contributed by atoms with van der Waals surface area (Å²) in [6.07, 6.45) is 1.28. The fourth-order valence-corrected chi connectivity index (χ4v) is 1.01. The van der Waals surface area contributed by atoms with Crippen LogP contribution in [0.4, 0.5) is 0 Å². The van der Waals surface area contributed by atoms with Gasteiger partial charge in [-0.15, -0.1) is 0 Å². The maximum absolute atomic E-state index is 10.7. The molecule has 0 heterocycles. The van der Waals surface area contributed by atoms with Gasteiger partial charge in [0.05, 0.1) is 7.11 Å². The molecule has 0 aromatic carbocycles. The Morgan fingerprint density at radius 1 is 1.29 bits per heavy atom. The van der Waals surface area contributed by atoms with E-state index in [0.29, 0.717) is 19.3 Å². The lowest BCUT2D eigenvalue weighted by atomic mass is 10.1. The van der Waals surface area contributed by atoms with Crippen LogP contribution in [0.25, 0.3) is 0 Å². The van der Waals surface area contributed by atoms with E-state index in [1.165, 1.54) is 7.11 Å². The highest BCUT2D eigenvalue weighted by atomic mass is 16.5. The molecule has 0 aromatic rings. The summed E-state index contributed by atoms with van der Waals surface area (Å²) in [5.41, 5.74) is 0. The number of methoxy groups -OCH3 is 1. The molecule has 2 N–H and O–H groups in total. The zero-order chi connectivity index (χ0) is 11.0. The van der Waals surface area contributed by atoms with Gasteiger partial charge in [-0.25, -0.2) is 4.79 Å². The molecule has 14 heavy (non-hydrogen) atoms. The number of aliphatic hydroxyl groups excluding tert-OH is 1. The fourth-order valence-electron chi connectivity index (χ4n) is 1.01. The number of carbonyl (C=O) groups excluding carboxylic acids is 1. The zero-order valence-corrected chi connectivity index (χ0v) is 8.23. The molecule has 1 unspecified atom stereocenters. The molecule has 0 saturated heterocycles. The van der Waals surface area contributed by atoms with Gasteiger partial charge >= 0.3 is 11.9 Å². The topological polar surface area (TPSA) is 83.8 Å². The molecule has 0 spiro atoms. The summed E-state index contributed by atoms with van der Waals surface area (Å²) in [7, 11) is 1.33. The van der Waals surface area contributed by atoms with Crippen LogP contribution < -0.4 is 0 Å². The monoisotopic (exact) mass is 204 g/mol. The maximum atomic E-state index is 10.7. The number of aliphatic carboxylic acids is 1. The Morgan fingerprint density at radius 3 is 2.43 bits per heavy atom. The zero-order valence-electron chi connectivity index (χ0n) is 8.23. The fraction of sp³-hybridized carbons (Fsp3) is 0.778. The second-order valence-electron chi connectivity index (χ2n) is 3.03. The molecule has 0 aliphatic heterocycles. The van der Waals surface area contributed by atoms with Gasteiger partial charge in [-0.05, 0) is 12.8 Å². The van der Waals surface area contributed by atoms with Gasteiger partial charge in [0, 0.05) is 6.42 Å². The van der Waals surface area contributed by atoms with E-state index in [-0.39, 0.29) is 12.4 Å². The molecule has 5 heteroatoms. The lowest BCUT2D eigenvalue weighted by Gasteiger charge is -2.04. The van der Waals surface area contributed by atoms with Gasteiger partial charge < -0.3 is 14.9 Å². The van der Waals surface area contributed by atoms with E-state index in [0.717, 1.165) is 6.42 Å². The minimum absolute atomic E-state index is 0.233. The molecular formula is C9H16O5. The SMILES string of the molecule is COC(=O)CCCCCC(O)C(=O)O. The number of aliphatic hydroxyl groups is 1. The Bertz CT molecular complexity index is 190. The van der Waals surface area contributed by atoms with Gasteiger partial charge in [-0.2, -0.15) is 0 Å². The second-order valence-corrected chi connectivity index (χ2v) is 3.03. The Balaban J connectivity index is 3.30. The highest BCUT2D eigenvalue weighted by Gasteiger charge is 2.11. The van der Waals surface area contributed by atoms with Crippen LogP contribution in [-0.2, 0) is 14.3 Å². The van der Waals surface area contributed by atoms with Gasteiger partial charge in [-0.3, -0.25) is 4.79 Å². The smallest absolute Gasteiger partial charge is 0.332 e. The maximum Gasteiger partial charge on any atom is 0.332 e. The standard InChI is InChI=1S/C9H16O5/c1-14-8(11)6-4-2-3-5-7(10)9(12)13/h7,10H,2-6H2,1H3,(H,12,13). The number of carboxylic acid groups (broad SMARTS) is 1. The summed E-state index contributed by atoms with van der Waals surface area (Å²) in [5, 5.41) is 17.2. The average Bonchev–Trinajstić information content (AvgIpc) is 2.16. The summed E-state index contributed by atoms with van der Waals surface area (Å²) >= 11 is 0. The Labute approximate surface area is 82.7 Å². The molecule has 0 aromatic heterocycles. The summed E-state index contributed by atoms with van der Waals surface area (Å²) < 4.78 is 4.43. The van der Waals surface area contributed by atoms with Crippen LogP contribution in [0.5, 0.6) is 0 Å². The van der Waals surface area contributed by atoms with Crippen molar-refractivity contribution < 1.29 is 24.5 Å². The van der Waals surface area contributed by atoms with Crippen LogP contribution in [0, 0.1) is 0 Å². The van der Waals surface area contributed by atoms with Crippen LogP contribution in [0.1, 0.15) is 32.1 Å². The molecule has 0 bridgehead atoms. The summed E-state index contributed by atoms with van der Waals surface area (Å²) in [4.78, 5) is 20.8. The normalized spacial score (nSPS) is 12.1. The molecule has 0 aliphatic rings. The molecule has 0 radical (unpaired) electrons. The van der Waals surface area contributed by atoms with Crippen molar-refractivity contribution in [1.29, 1.82) is 0 Å². The average molecular weight is 204 g/mol. The predicted octanol–water partition coefficient (Wildman–Crippen LogP) is 0.555. The van der Waals surface area contributed by atoms with Crippen LogP contribution in [0.15, 0.2) is 0 Å². The third kappa shape index (κ3) is 6.42. The molecule has 0 fully saturated rings. The van der Waals surface area contributed by atoms with Crippen molar-refractivity contribution in [1.82, 2.24) is 0 Å². The van der Waals surface area contributed by atoms with Crippen LogP contribution >= 0.6 is 0 Å². The highest BCUT2D eigenvalue weighted by molar-refractivity contribution is 5.71. The largest absolute Gasteiger partial charge is 0.479 e. The quantitative estimate of drug-likeness (QED) is 0.467. The van der Waals surface area contributed by atoms with E-state index >= 15 is 0 Å². The molecular weight excluding hydrogens is 188 g/mol. The number of carboxylic acids is 1. The van der Waals surface area contributed by atoms with Gasteiger partial charge in [-0.1, -0.05) is 12.8 Å². The lowest BCUT2D eigenvalue weighted by molar-refractivity contribution is -0.147. The van der Waals surface area contributed by atoms with E-state index in [4.69, 9.17) is 10.2 Å². The number of esters is 1. The first-order valence-electron chi connectivity index (χ1n) is 4.55. The molecule has 0 aliphatic carbocycles. The Kier molecular flexibility index (Phi) is 6.74. The van der Waals surface area contributed by atoms with Gasteiger partial charge in [0.2, 0.25) is 0 Å². The second kappa shape index (κ2) is 7.32.